The van der Waals surface area contributed by atoms with Gasteiger partial charge >= 0.3 is 0 Å². The Morgan fingerprint density at radius 3 is 2.40 bits per heavy atom. The fourth-order valence-corrected chi connectivity index (χ4v) is 3.10. The van der Waals surface area contributed by atoms with Gasteiger partial charge in [0.2, 0.25) is 0 Å². The SMILES string of the molecule is COCCSc1ccc([C@@H](C)NS(=O)(=O)N(C)C)cc1. The van der Waals surface area contributed by atoms with Crippen LogP contribution >= 0.6 is 11.8 Å². The van der Waals surface area contributed by atoms with E-state index in [1.54, 1.807) is 18.9 Å². The van der Waals surface area contributed by atoms with Crippen molar-refractivity contribution in [1.82, 2.24) is 9.03 Å². The highest BCUT2D eigenvalue weighted by molar-refractivity contribution is 7.99. The predicted molar refractivity (Wildman–Crippen MR) is 83.2 cm³/mol. The van der Waals surface area contributed by atoms with Crippen molar-refractivity contribution in [3.05, 3.63) is 29.8 Å². The third-order valence-corrected chi connectivity index (χ3v) is 5.33. The van der Waals surface area contributed by atoms with Gasteiger partial charge in [-0.25, -0.2) is 0 Å². The Balaban J connectivity index is 2.64. The highest BCUT2D eigenvalue weighted by Crippen LogP contribution is 2.21. The van der Waals surface area contributed by atoms with Crippen LogP contribution in [0.1, 0.15) is 18.5 Å². The average molecular weight is 318 g/mol. The monoisotopic (exact) mass is 318 g/mol. The Morgan fingerprint density at radius 2 is 1.90 bits per heavy atom. The second-order valence-corrected chi connectivity index (χ2v) is 7.62. The smallest absolute Gasteiger partial charge is 0.279 e. The van der Waals surface area contributed by atoms with E-state index in [4.69, 9.17) is 4.74 Å². The van der Waals surface area contributed by atoms with Gasteiger partial charge in [0.1, 0.15) is 0 Å². The second kappa shape index (κ2) is 7.99. The summed E-state index contributed by atoms with van der Waals surface area (Å²) < 4.78 is 32.3. The average Bonchev–Trinajstić information content (AvgIpc) is 2.39. The largest absolute Gasteiger partial charge is 0.384 e. The molecule has 0 heterocycles. The molecule has 1 rings (SSSR count). The number of nitrogens with zero attached hydrogens (tertiary/aromatic N) is 1. The molecule has 0 aliphatic heterocycles. The number of methoxy groups -OCH3 is 1. The van der Waals surface area contributed by atoms with E-state index < -0.39 is 10.2 Å². The van der Waals surface area contributed by atoms with Crippen LogP contribution in [0.4, 0.5) is 0 Å². The predicted octanol–water partition coefficient (Wildman–Crippen LogP) is 1.88. The van der Waals surface area contributed by atoms with Crippen molar-refractivity contribution in [3.63, 3.8) is 0 Å². The fourth-order valence-electron chi connectivity index (χ4n) is 1.49. The van der Waals surface area contributed by atoms with Gasteiger partial charge in [0, 0.05) is 37.9 Å². The lowest BCUT2D eigenvalue weighted by molar-refractivity contribution is 0.218. The zero-order valence-corrected chi connectivity index (χ0v) is 13.9. The maximum Gasteiger partial charge on any atom is 0.279 e. The van der Waals surface area contributed by atoms with E-state index in [0.29, 0.717) is 6.61 Å². The van der Waals surface area contributed by atoms with Gasteiger partial charge in [-0.1, -0.05) is 12.1 Å². The topological polar surface area (TPSA) is 58.6 Å². The van der Waals surface area contributed by atoms with Gasteiger partial charge in [0.05, 0.1) is 6.61 Å². The third kappa shape index (κ3) is 5.41. The van der Waals surface area contributed by atoms with Crippen LogP contribution in [0.2, 0.25) is 0 Å². The second-order valence-electron chi connectivity index (χ2n) is 4.54. The maximum atomic E-state index is 11.8. The minimum Gasteiger partial charge on any atom is -0.384 e. The summed E-state index contributed by atoms with van der Waals surface area (Å²) in [5.41, 5.74) is 0.937. The van der Waals surface area contributed by atoms with E-state index in [1.165, 1.54) is 18.4 Å². The van der Waals surface area contributed by atoms with Gasteiger partial charge in [-0.3, -0.25) is 0 Å². The van der Waals surface area contributed by atoms with Crippen LogP contribution in [0.15, 0.2) is 29.2 Å². The summed E-state index contributed by atoms with van der Waals surface area (Å²) in [5, 5.41) is 0. The van der Waals surface area contributed by atoms with Crippen molar-refractivity contribution in [3.8, 4) is 0 Å². The first-order valence-corrected chi connectivity index (χ1v) is 8.71. The first-order valence-electron chi connectivity index (χ1n) is 6.28. The van der Waals surface area contributed by atoms with Crippen molar-refractivity contribution in [2.24, 2.45) is 0 Å². The number of rotatable bonds is 8. The number of thioether (sulfide) groups is 1. The molecule has 114 valence electrons. The van der Waals surface area contributed by atoms with E-state index in [1.807, 2.05) is 31.2 Å². The van der Waals surface area contributed by atoms with E-state index >= 15 is 0 Å². The fraction of sp³-hybridized carbons (Fsp3) is 0.538. The lowest BCUT2D eigenvalue weighted by Crippen LogP contribution is -2.37. The molecule has 0 aliphatic carbocycles. The molecule has 1 N–H and O–H groups in total. The Hall–Kier alpha value is -0.600. The molecule has 5 nitrogen and oxygen atoms in total. The molecule has 20 heavy (non-hydrogen) atoms. The van der Waals surface area contributed by atoms with Crippen molar-refractivity contribution in [2.45, 2.75) is 17.9 Å². The minimum atomic E-state index is -3.41. The summed E-state index contributed by atoms with van der Waals surface area (Å²) in [7, 11) is 1.28. The number of benzene rings is 1. The van der Waals surface area contributed by atoms with E-state index in [-0.39, 0.29) is 6.04 Å². The molecule has 0 aliphatic rings. The molecule has 0 aromatic heterocycles. The lowest BCUT2D eigenvalue weighted by Gasteiger charge is -2.18. The number of nitrogens with one attached hydrogen (secondary N) is 1. The summed E-state index contributed by atoms with van der Waals surface area (Å²) in [4.78, 5) is 1.15. The van der Waals surface area contributed by atoms with Gasteiger partial charge in [0.15, 0.2) is 0 Å². The normalized spacial score (nSPS) is 13.7. The summed E-state index contributed by atoms with van der Waals surface area (Å²) in [6, 6.07) is 7.61. The van der Waals surface area contributed by atoms with Crippen LogP contribution in [0.25, 0.3) is 0 Å². The van der Waals surface area contributed by atoms with Crippen LogP contribution in [0, 0.1) is 0 Å². The summed E-state index contributed by atoms with van der Waals surface area (Å²) >= 11 is 1.71. The molecule has 0 saturated carbocycles. The first-order chi connectivity index (χ1) is 9.36. The quantitative estimate of drug-likeness (QED) is 0.587. The zero-order chi connectivity index (χ0) is 15.2. The molecule has 1 aromatic rings. The van der Waals surface area contributed by atoms with Gasteiger partial charge in [-0.15, -0.1) is 11.8 Å². The van der Waals surface area contributed by atoms with Crippen LogP contribution in [-0.2, 0) is 14.9 Å². The molecule has 0 bridgehead atoms. The third-order valence-electron chi connectivity index (χ3n) is 2.74. The number of hydrogen-bond acceptors (Lipinski definition) is 4. The molecule has 0 fully saturated rings. The van der Waals surface area contributed by atoms with Crippen molar-refractivity contribution in [1.29, 1.82) is 0 Å². The van der Waals surface area contributed by atoms with Crippen molar-refractivity contribution < 1.29 is 13.2 Å². The van der Waals surface area contributed by atoms with Gasteiger partial charge in [-0.05, 0) is 24.6 Å². The van der Waals surface area contributed by atoms with Gasteiger partial charge in [0.25, 0.3) is 10.2 Å². The summed E-state index contributed by atoms with van der Waals surface area (Å²) in [5.74, 6) is 0.901. The van der Waals surface area contributed by atoms with E-state index in [2.05, 4.69) is 4.72 Å². The standard InChI is InChI=1S/C13H22N2O3S2/c1-11(14-20(16,17)15(2)3)12-5-7-13(8-6-12)19-10-9-18-4/h5-8,11,14H,9-10H2,1-4H3/t11-/m1/s1. The van der Waals surface area contributed by atoms with Crippen LogP contribution in [0.5, 0.6) is 0 Å². The Kier molecular flexibility index (Phi) is 6.97. The molecule has 0 saturated heterocycles. The minimum absolute atomic E-state index is 0.263. The summed E-state index contributed by atoms with van der Waals surface area (Å²) in [6.45, 7) is 2.54. The van der Waals surface area contributed by atoms with Crippen LogP contribution < -0.4 is 4.72 Å². The van der Waals surface area contributed by atoms with E-state index in [0.717, 1.165) is 16.2 Å². The maximum absolute atomic E-state index is 11.8. The Morgan fingerprint density at radius 1 is 1.30 bits per heavy atom. The van der Waals surface area contributed by atoms with Crippen molar-refractivity contribution in [2.75, 3.05) is 33.6 Å². The van der Waals surface area contributed by atoms with Crippen molar-refractivity contribution >= 4 is 22.0 Å². The lowest BCUT2D eigenvalue weighted by atomic mass is 10.1. The molecule has 7 heteroatoms. The van der Waals surface area contributed by atoms with E-state index in [9.17, 15) is 8.42 Å². The van der Waals surface area contributed by atoms with Crippen LogP contribution in [0.3, 0.4) is 0 Å². The molecule has 0 radical (unpaired) electrons. The van der Waals surface area contributed by atoms with Crippen LogP contribution in [-0.4, -0.2) is 46.3 Å². The molecular weight excluding hydrogens is 296 g/mol. The molecule has 0 amide bonds. The summed E-state index contributed by atoms with van der Waals surface area (Å²) in [6.07, 6.45) is 0. The molecule has 0 unspecified atom stereocenters. The number of hydrogen-bond donors (Lipinski definition) is 1. The molecular formula is C13H22N2O3S2. The number of ether oxygens (including phenoxy) is 1. The first kappa shape index (κ1) is 17.5. The Labute approximate surface area is 125 Å². The zero-order valence-electron chi connectivity index (χ0n) is 12.3. The molecule has 1 aromatic carbocycles. The molecule has 1 atom stereocenters. The van der Waals surface area contributed by atoms with Gasteiger partial charge in [-0.2, -0.15) is 17.4 Å². The molecule has 0 spiro atoms. The Bertz CT molecular complexity index is 501. The van der Waals surface area contributed by atoms with Gasteiger partial charge < -0.3 is 4.74 Å². The highest BCUT2D eigenvalue weighted by Gasteiger charge is 2.17. The highest BCUT2D eigenvalue weighted by atomic mass is 32.2.